The first kappa shape index (κ1) is 19.5. The lowest BCUT2D eigenvalue weighted by atomic mass is 10.0. The van der Waals surface area contributed by atoms with Gasteiger partial charge in [0.05, 0.1) is 5.69 Å². The number of rotatable bonds is 5. The highest BCUT2D eigenvalue weighted by Gasteiger charge is 2.10. The number of hydrogen-bond acceptors (Lipinski definition) is 3. The van der Waals surface area contributed by atoms with E-state index in [4.69, 9.17) is 0 Å². The Morgan fingerprint density at radius 1 is 1.04 bits per heavy atom. The third-order valence-corrected chi connectivity index (χ3v) is 4.68. The van der Waals surface area contributed by atoms with Crippen LogP contribution in [0, 0.1) is 13.8 Å². The maximum absolute atomic E-state index is 12.4. The van der Waals surface area contributed by atoms with Gasteiger partial charge in [-0.15, -0.1) is 0 Å². The second kappa shape index (κ2) is 8.21. The van der Waals surface area contributed by atoms with Gasteiger partial charge in [-0.05, 0) is 49.1 Å². The quantitative estimate of drug-likeness (QED) is 0.723. The zero-order valence-electron chi connectivity index (χ0n) is 16.7. The second-order valence-electron chi connectivity index (χ2n) is 7.36. The number of carbonyl (C=O) groups is 1. The van der Waals surface area contributed by atoms with Gasteiger partial charge in [0.25, 0.3) is 5.56 Å². The number of amides is 1. The van der Waals surface area contributed by atoms with Crippen LogP contribution in [0.15, 0.2) is 59.4 Å². The van der Waals surface area contributed by atoms with Gasteiger partial charge in [0.2, 0.25) is 5.91 Å². The van der Waals surface area contributed by atoms with E-state index in [2.05, 4.69) is 30.3 Å². The minimum atomic E-state index is -0.307. The van der Waals surface area contributed by atoms with Gasteiger partial charge in [-0.1, -0.05) is 49.7 Å². The molecule has 0 bridgehead atoms. The maximum atomic E-state index is 12.4. The summed E-state index contributed by atoms with van der Waals surface area (Å²) in [5.41, 5.74) is 5.46. The van der Waals surface area contributed by atoms with Crippen molar-refractivity contribution in [2.24, 2.45) is 0 Å². The van der Waals surface area contributed by atoms with Crippen LogP contribution < -0.4 is 10.9 Å². The Balaban J connectivity index is 1.78. The molecular formula is C23H25N3O2. The summed E-state index contributed by atoms with van der Waals surface area (Å²) >= 11 is 0. The van der Waals surface area contributed by atoms with E-state index in [0.717, 1.165) is 16.7 Å². The van der Waals surface area contributed by atoms with Gasteiger partial charge in [-0.3, -0.25) is 9.59 Å². The zero-order valence-corrected chi connectivity index (χ0v) is 16.7. The van der Waals surface area contributed by atoms with Gasteiger partial charge in [-0.2, -0.15) is 5.10 Å². The number of anilines is 1. The molecule has 5 nitrogen and oxygen atoms in total. The van der Waals surface area contributed by atoms with Crippen molar-refractivity contribution < 1.29 is 4.79 Å². The second-order valence-corrected chi connectivity index (χ2v) is 7.36. The van der Waals surface area contributed by atoms with E-state index in [1.54, 1.807) is 6.07 Å². The molecule has 3 rings (SSSR count). The highest BCUT2D eigenvalue weighted by atomic mass is 16.2. The number of benzene rings is 2. The van der Waals surface area contributed by atoms with Crippen LogP contribution in [0.2, 0.25) is 0 Å². The molecule has 2 aromatic carbocycles. The summed E-state index contributed by atoms with van der Waals surface area (Å²) in [4.78, 5) is 24.6. The number of nitrogens with zero attached hydrogens (tertiary/aromatic N) is 2. The Bertz CT molecular complexity index is 1050. The maximum Gasteiger partial charge on any atom is 0.267 e. The predicted molar refractivity (Wildman–Crippen MR) is 113 cm³/mol. The van der Waals surface area contributed by atoms with Crippen LogP contribution in [0.5, 0.6) is 0 Å². The van der Waals surface area contributed by atoms with Crippen molar-refractivity contribution in [2.45, 2.75) is 40.2 Å². The van der Waals surface area contributed by atoms with Crippen LogP contribution in [-0.4, -0.2) is 15.7 Å². The average Bonchev–Trinajstić information content (AvgIpc) is 2.64. The molecule has 0 spiro atoms. The lowest BCUT2D eigenvalue weighted by Gasteiger charge is -2.11. The van der Waals surface area contributed by atoms with E-state index >= 15 is 0 Å². The van der Waals surface area contributed by atoms with Crippen LogP contribution in [0.1, 0.15) is 36.5 Å². The molecule has 0 aliphatic carbocycles. The van der Waals surface area contributed by atoms with E-state index in [1.165, 1.54) is 16.3 Å². The summed E-state index contributed by atoms with van der Waals surface area (Å²) in [5.74, 6) is 0.144. The fraction of sp³-hybridized carbons (Fsp3) is 0.261. The van der Waals surface area contributed by atoms with Crippen molar-refractivity contribution in [2.75, 3.05) is 5.32 Å². The van der Waals surface area contributed by atoms with Crippen molar-refractivity contribution in [1.82, 2.24) is 9.78 Å². The van der Waals surface area contributed by atoms with Crippen molar-refractivity contribution >= 4 is 11.6 Å². The Labute approximate surface area is 165 Å². The third-order valence-electron chi connectivity index (χ3n) is 4.68. The molecule has 1 N–H and O–H groups in total. The van der Waals surface area contributed by atoms with Crippen LogP contribution in [0.3, 0.4) is 0 Å². The summed E-state index contributed by atoms with van der Waals surface area (Å²) in [6.45, 7) is 8.14. The molecule has 1 heterocycles. The molecule has 0 fully saturated rings. The number of carbonyl (C=O) groups excluding carboxylic acids is 1. The first-order chi connectivity index (χ1) is 13.3. The van der Waals surface area contributed by atoms with Gasteiger partial charge < -0.3 is 5.32 Å². The van der Waals surface area contributed by atoms with Gasteiger partial charge in [-0.25, -0.2) is 4.68 Å². The molecule has 3 aromatic rings. The summed E-state index contributed by atoms with van der Waals surface area (Å²) in [6, 6.07) is 16.9. The highest BCUT2D eigenvalue weighted by Crippen LogP contribution is 2.21. The molecule has 144 valence electrons. The molecule has 0 atom stereocenters. The minimum Gasteiger partial charge on any atom is -0.324 e. The monoisotopic (exact) mass is 375 g/mol. The Hall–Kier alpha value is -3.21. The molecule has 0 aliphatic rings. The molecule has 0 saturated carbocycles. The van der Waals surface area contributed by atoms with Crippen LogP contribution in [0.25, 0.3) is 11.3 Å². The summed E-state index contributed by atoms with van der Waals surface area (Å²) in [7, 11) is 0. The standard InChI is InChI=1S/C23H25N3O2/c1-15(2)18-6-8-19(9-7-18)24-22(27)14-26-23(28)12-11-21(25-26)20-10-5-16(3)13-17(20)4/h5-13,15H,14H2,1-4H3,(H,24,27). The Kier molecular flexibility index (Phi) is 5.73. The van der Waals surface area contributed by atoms with E-state index < -0.39 is 0 Å². The number of aryl methyl sites for hydroxylation is 2. The minimum absolute atomic E-state index is 0.135. The van der Waals surface area contributed by atoms with E-state index in [-0.39, 0.29) is 18.0 Å². The summed E-state index contributed by atoms with van der Waals surface area (Å²) in [6.07, 6.45) is 0. The fourth-order valence-electron chi connectivity index (χ4n) is 3.09. The van der Waals surface area contributed by atoms with Crippen molar-refractivity contribution in [3.05, 3.63) is 81.6 Å². The highest BCUT2D eigenvalue weighted by molar-refractivity contribution is 5.90. The van der Waals surface area contributed by atoms with Crippen molar-refractivity contribution in [3.63, 3.8) is 0 Å². The molecular weight excluding hydrogens is 350 g/mol. The predicted octanol–water partition coefficient (Wildman–Crippen LogP) is 4.29. The van der Waals surface area contributed by atoms with Crippen LogP contribution >= 0.6 is 0 Å². The first-order valence-electron chi connectivity index (χ1n) is 9.39. The molecule has 28 heavy (non-hydrogen) atoms. The molecule has 1 aromatic heterocycles. The molecule has 1 amide bonds. The van der Waals surface area contributed by atoms with E-state index in [1.807, 2.05) is 50.2 Å². The van der Waals surface area contributed by atoms with E-state index in [0.29, 0.717) is 17.3 Å². The van der Waals surface area contributed by atoms with Gasteiger partial charge in [0.15, 0.2) is 0 Å². The molecule has 0 aliphatic heterocycles. The summed E-state index contributed by atoms with van der Waals surface area (Å²) < 4.78 is 1.20. The largest absolute Gasteiger partial charge is 0.324 e. The number of aromatic nitrogens is 2. The summed E-state index contributed by atoms with van der Waals surface area (Å²) in [5, 5.41) is 7.22. The number of nitrogens with one attached hydrogen (secondary N) is 1. The lowest BCUT2D eigenvalue weighted by molar-refractivity contribution is -0.117. The smallest absolute Gasteiger partial charge is 0.267 e. The van der Waals surface area contributed by atoms with E-state index in [9.17, 15) is 9.59 Å². The SMILES string of the molecule is Cc1ccc(-c2ccc(=O)n(CC(=O)Nc3ccc(C(C)C)cc3)n2)c(C)c1. The fourth-order valence-corrected chi connectivity index (χ4v) is 3.09. The molecule has 0 unspecified atom stereocenters. The van der Waals surface area contributed by atoms with Gasteiger partial charge in [0, 0.05) is 17.3 Å². The number of hydrogen-bond donors (Lipinski definition) is 1. The van der Waals surface area contributed by atoms with Gasteiger partial charge >= 0.3 is 0 Å². The molecule has 0 radical (unpaired) electrons. The topological polar surface area (TPSA) is 64.0 Å². The third kappa shape index (κ3) is 4.55. The molecule has 0 saturated heterocycles. The van der Waals surface area contributed by atoms with Crippen molar-refractivity contribution in [1.29, 1.82) is 0 Å². The zero-order chi connectivity index (χ0) is 20.3. The van der Waals surface area contributed by atoms with Gasteiger partial charge in [0.1, 0.15) is 6.54 Å². The van der Waals surface area contributed by atoms with Crippen LogP contribution in [-0.2, 0) is 11.3 Å². The Morgan fingerprint density at radius 3 is 2.39 bits per heavy atom. The van der Waals surface area contributed by atoms with Crippen molar-refractivity contribution in [3.8, 4) is 11.3 Å². The average molecular weight is 375 g/mol. The lowest BCUT2D eigenvalue weighted by Crippen LogP contribution is -2.29. The first-order valence-corrected chi connectivity index (χ1v) is 9.39. The normalized spacial score (nSPS) is 10.9. The Morgan fingerprint density at radius 2 is 1.75 bits per heavy atom. The van der Waals surface area contributed by atoms with Crippen LogP contribution in [0.4, 0.5) is 5.69 Å². The molecule has 5 heteroatoms.